The summed E-state index contributed by atoms with van der Waals surface area (Å²) in [5.74, 6) is -0.970. The van der Waals surface area contributed by atoms with Crippen molar-refractivity contribution in [3.8, 4) is 0 Å². The molecule has 1 aromatic carbocycles. The van der Waals surface area contributed by atoms with E-state index in [0.717, 1.165) is 5.56 Å². The number of hydrogen-bond donors (Lipinski definition) is 1. The fraction of sp³-hybridized carbons (Fsp3) is 0.529. The Labute approximate surface area is 140 Å². The Morgan fingerprint density at radius 2 is 2.04 bits per heavy atom. The third kappa shape index (κ3) is 2.74. The second-order valence-corrected chi connectivity index (χ2v) is 8.39. The van der Waals surface area contributed by atoms with Crippen molar-refractivity contribution in [3.63, 3.8) is 0 Å². The molecule has 5 nitrogen and oxygen atoms in total. The van der Waals surface area contributed by atoms with Crippen LogP contribution in [0.4, 0.5) is 0 Å². The lowest BCUT2D eigenvalue weighted by atomic mass is 9.88. The van der Waals surface area contributed by atoms with Gasteiger partial charge in [0, 0.05) is 4.75 Å². The Morgan fingerprint density at radius 1 is 1.39 bits per heavy atom. The van der Waals surface area contributed by atoms with Gasteiger partial charge in [-0.1, -0.05) is 30.3 Å². The van der Waals surface area contributed by atoms with Crippen LogP contribution in [-0.4, -0.2) is 44.1 Å². The Bertz CT molecular complexity index is 616. The minimum absolute atomic E-state index is 0.147. The number of hydrogen-bond acceptors (Lipinski definition) is 5. The summed E-state index contributed by atoms with van der Waals surface area (Å²) >= 11 is 1.56. The highest BCUT2D eigenvalue weighted by Gasteiger charge is 2.64. The summed E-state index contributed by atoms with van der Waals surface area (Å²) in [7, 11) is 0. The lowest BCUT2D eigenvalue weighted by molar-refractivity contribution is -0.171. The number of aliphatic hydroxyl groups is 1. The number of ether oxygens (including phenoxy) is 1. The summed E-state index contributed by atoms with van der Waals surface area (Å²) in [5, 5.41) is 9.61. The molecule has 2 fully saturated rings. The van der Waals surface area contributed by atoms with Gasteiger partial charge in [-0.05, 0) is 26.3 Å². The lowest BCUT2D eigenvalue weighted by Crippen LogP contribution is -2.65. The number of fused-ring (bicyclic) bond motifs is 1. The van der Waals surface area contributed by atoms with Crippen LogP contribution in [0.1, 0.15) is 26.3 Å². The highest BCUT2D eigenvalue weighted by Crippen LogP contribution is 2.54. The van der Waals surface area contributed by atoms with Gasteiger partial charge in [0.05, 0.1) is 17.4 Å². The highest BCUT2D eigenvalue weighted by atomic mass is 32.2. The molecule has 0 aliphatic carbocycles. The van der Waals surface area contributed by atoms with Crippen molar-refractivity contribution in [2.24, 2.45) is 5.92 Å². The van der Waals surface area contributed by atoms with Gasteiger partial charge in [-0.25, -0.2) is 4.79 Å². The van der Waals surface area contributed by atoms with Crippen LogP contribution in [-0.2, 0) is 20.9 Å². The van der Waals surface area contributed by atoms with E-state index in [4.69, 9.17) is 4.74 Å². The minimum atomic E-state index is -0.703. The molecule has 2 heterocycles. The van der Waals surface area contributed by atoms with Crippen molar-refractivity contribution >= 4 is 23.6 Å². The maximum absolute atomic E-state index is 12.6. The molecule has 1 aromatic rings. The number of nitrogens with zero attached hydrogens (tertiary/aromatic N) is 1. The molecule has 124 valence electrons. The largest absolute Gasteiger partial charge is 0.459 e. The van der Waals surface area contributed by atoms with Crippen LogP contribution < -0.4 is 0 Å². The van der Waals surface area contributed by atoms with Crippen LogP contribution in [0.2, 0.25) is 0 Å². The average Bonchev–Trinajstić information content (AvgIpc) is 2.73. The zero-order valence-electron chi connectivity index (χ0n) is 13.4. The highest BCUT2D eigenvalue weighted by molar-refractivity contribution is 8.01. The third-order valence-corrected chi connectivity index (χ3v) is 6.04. The molecule has 1 amide bonds. The summed E-state index contributed by atoms with van der Waals surface area (Å²) in [6, 6.07) is 8.86. The molecule has 4 atom stereocenters. The van der Waals surface area contributed by atoms with Gasteiger partial charge in [0.2, 0.25) is 5.91 Å². The van der Waals surface area contributed by atoms with E-state index >= 15 is 0 Å². The predicted octanol–water partition coefficient (Wildman–Crippen LogP) is 1.79. The second kappa shape index (κ2) is 5.83. The average molecular weight is 335 g/mol. The molecule has 3 rings (SSSR count). The van der Waals surface area contributed by atoms with Gasteiger partial charge < -0.3 is 14.7 Å². The first-order chi connectivity index (χ1) is 10.8. The molecule has 2 saturated heterocycles. The Balaban J connectivity index is 1.71. The number of β-lactam (4-membered cyclic amide) rings is 1. The summed E-state index contributed by atoms with van der Waals surface area (Å²) in [5.41, 5.74) is 0.914. The number of benzene rings is 1. The summed E-state index contributed by atoms with van der Waals surface area (Å²) < 4.78 is 5.00. The molecule has 23 heavy (non-hydrogen) atoms. The van der Waals surface area contributed by atoms with E-state index in [1.165, 1.54) is 0 Å². The number of aliphatic hydroxyl groups excluding tert-OH is 1. The monoisotopic (exact) mass is 335 g/mol. The maximum atomic E-state index is 12.6. The first kappa shape index (κ1) is 16.3. The molecule has 0 spiro atoms. The van der Waals surface area contributed by atoms with Gasteiger partial charge in [-0.2, -0.15) is 0 Å². The molecular weight excluding hydrogens is 314 g/mol. The van der Waals surface area contributed by atoms with Gasteiger partial charge >= 0.3 is 5.97 Å². The van der Waals surface area contributed by atoms with E-state index in [1.54, 1.807) is 23.6 Å². The van der Waals surface area contributed by atoms with Crippen molar-refractivity contribution in [1.82, 2.24) is 4.90 Å². The summed E-state index contributed by atoms with van der Waals surface area (Å²) in [4.78, 5) is 26.4. The summed E-state index contributed by atoms with van der Waals surface area (Å²) in [6.45, 7) is 5.70. The van der Waals surface area contributed by atoms with Crippen molar-refractivity contribution in [2.75, 3.05) is 0 Å². The molecule has 0 unspecified atom stereocenters. The number of thioether (sulfide) groups is 1. The number of amides is 1. The first-order valence-electron chi connectivity index (χ1n) is 7.71. The number of carbonyl (C=O) groups is 2. The van der Waals surface area contributed by atoms with E-state index in [1.807, 2.05) is 44.2 Å². The van der Waals surface area contributed by atoms with Crippen molar-refractivity contribution in [1.29, 1.82) is 0 Å². The van der Waals surface area contributed by atoms with E-state index in [9.17, 15) is 14.7 Å². The number of rotatable bonds is 4. The molecule has 2 aliphatic rings. The first-order valence-corrected chi connectivity index (χ1v) is 8.59. The zero-order chi connectivity index (χ0) is 16.8. The number of esters is 1. The van der Waals surface area contributed by atoms with E-state index in [2.05, 4.69) is 0 Å². The Kier molecular flexibility index (Phi) is 4.14. The Hall–Kier alpha value is -1.53. The van der Waals surface area contributed by atoms with Crippen LogP contribution in [0.5, 0.6) is 0 Å². The van der Waals surface area contributed by atoms with E-state index < -0.39 is 22.8 Å². The van der Waals surface area contributed by atoms with Gasteiger partial charge in [-0.3, -0.25) is 4.79 Å². The van der Waals surface area contributed by atoms with Gasteiger partial charge in [-0.15, -0.1) is 11.8 Å². The van der Waals surface area contributed by atoms with Gasteiger partial charge in [0.25, 0.3) is 0 Å². The summed E-state index contributed by atoms with van der Waals surface area (Å²) in [6.07, 6.45) is -0.703. The van der Waals surface area contributed by atoms with Crippen LogP contribution in [0.25, 0.3) is 0 Å². The third-order valence-electron chi connectivity index (χ3n) is 4.45. The van der Waals surface area contributed by atoms with Crippen molar-refractivity contribution in [2.45, 2.75) is 49.6 Å². The van der Waals surface area contributed by atoms with Gasteiger partial charge in [0.1, 0.15) is 12.6 Å². The fourth-order valence-electron chi connectivity index (χ4n) is 3.27. The molecule has 6 heteroatoms. The molecule has 1 N–H and O–H groups in total. The van der Waals surface area contributed by atoms with Gasteiger partial charge in [0.15, 0.2) is 0 Å². The topological polar surface area (TPSA) is 66.8 Å². The molecule has 0 bridgehead atoms. The second-order valence-electron chi connectivity index (χ2n) is 6.62. The van der Waals surface area contributed by atoms with Crippen LogP contribution in [0.3, 0.4) is 0 Å². The lowest BCUT2D eigenvalue weighted by Gasteiger charge is -2.45. The SMILES string of the molecule is C[C@@H](O)[C@H]1C(=O)N2[C@@H]1SC(C)(C)[C@@H]2C(=O)OCc1ccccc1. The van der Waals surface area contributed by atoms with Crippen molar-refractivity contribution < 1.29 is 19.4 Å². The van der Waals surface area contributed by atoms with Crippen LogP contribution >= 0.6 is 11.8 Å². The van der Waals surface area contributed by atoms with E-state index in [-0.39, 0.29) is 23.9 Å². The molecule has 0 saturated carbocycles. The molecule has 0 radical (unpaired) electrons. The molecule has 2 aliphatic heterocycles. The number of carbonyl (C=O) groups excluding carboxylic acids is 2. The normalized spacial score (nSPS) is 29.7. The van der Waals surface area contributed by atoms with Crippen LogP contribution in [0, 0.1) is 5.92 Å². The Morgan fingerprint density at radius 3 is 2.65 bits per heavy atom. The quantitative estimate of drug-likeness (QED) is 0.671. The van der Waals surface area contributed by atoms with Crippen molar-refractivity contribution in [3.05, 3.63) is 35.9 Å². The minimum Gasteiger partial charge on any atom is -0.459 e. The van der Waals surface area contributed by atoms with E-state index in [0.29, 0.717) is 0 Å². The molecular formula is C17H21NO4S. The van der Waals surface area contributed by atoms with Crippen LogP contribution in [0.15, 0.2) is 30.3 Å². The fourth-order valence-corrected chi connectivity index (χ4v) is 5.07. The standard InChI is InChI=1S/C17H21NO4S/c1-10(19)12-14(20)18-13(17(2,3)23-15(12)18)16(21)22-9-11-7-5-4-6-8-11/h4-8,10,12-13,15,19H,9H2,1-3H3/t10-,12+,13+,15-/m1/s1. The zero-order valence-corrected chi connectivity index (χ0v) is 14.2. The smallest absolute Gasteiger partial charge is 0.330 e. The predicted molar refractivity (Wildman–Crippen MR) is 87.5 cm³/mol. The maximum Gasteiger partial charge on any atom is 0.330 e. The molecule has 0 aromatic heterocycles.